The molecule has 0 heterocycles. The SMILES string of the molecule is c1ccc2cc(-c3cc4cccc5c(-c6cc7cccc8c(-c9cccc%10ccccc9%10)cc9cccc6c9c78)cc6cccc3c6c45)ccc2c1. The molecule has 0 aliphatic carbocycles. The third-order valence-corrected chi connectivity index (χ3v) is 11.7. The van der Waals surface area contributed by atoms with E-state index in [1.165, 1.54) is 120 Å². The molecule has 52 heavy (non-hydrogen) atoms. The van der Waals surface area contributed by atoms with E-state index in [4.69, 9.17) is 0 Å². The summed E-state index contributed by atoms with van der Waals surface area (Å²) in [6, 6.07) is 68.2. The van der Waals surface area contributed by atoms with Crippen molar-refractivity contribution in [3.63, 3.8) is 0 Å². The lowest BCUT2D eigenvalue weighted by Crippen LogP contribution is -1.93. The minimum Gasteiger partial charge on any atom is -0.0616 e. The van der Waals surface area contributed by atoms with Gasteiger partial charge in [0.05, 0.1) is 0 Å². The molecule has 0 bridgehead atoms. The Bertz CT molecular complexity index is 3390. The molecule has 0 heteroatoms. The summed E-state index contributed by atoms with van der Waals surface area (Å²) in [5.41, 5.74) is 7.70. The fourth-order valence-corrected chi connectivity index (χ4v) is 9.43. The highest BCUT2D eigenvalue weighted by Gasteiger charge is 2.21. The van der Waals surface area contributed by atoms with Gasteiger partial charge in [0.25, 0.3) is 0 Å². The quantitative estimate of drug-likeness (QED) is 0.166. The Hall–Kier alpha value is -6.76. The van der Waals surface area contributed by atoms with Crippen LogP contribution in [0.1, 0.15) is 0 Å². The Morgan fingerprint density at radius 2 is 0.577 bits per heavy atom. The Kier molecular flexibility index (Phi) is 5.59. The van der Waals surface area contributed by atoms with Crippen LogP contribution in [-0.2, 0) is 0 Å². The van der Waals surface area contributed by atoms with E-state index in [1.807, 2.05) is 0 Å². The molecule has 0 saturated heterocycles. The topological polar surface area (TPSA) is 0 Å². The highest BCUT2D eigenvalue weighted by atomic mass is 14.2. The first kappa shape index (κ1) is 28.0. The molecule has 0 N–H and O–H groups in total. The van der Waals surface area contributed by atoms with E-state index in [9.17, 15) is 0 Å². The van der Waals surface area contributed by atoms with E-state index in [0.717, 1.165) is 0 Å². The molecule has 0 radical (unpaired) electrons. The van der Waals surface area contributed by atoms with Crippen molar-refractivity contribution in [3.05, 3.63) is 182 Å². The molecular formula is C52H30. The lowest BCUT2D eigenvalue weighted by Gasteiger charge is -2.21. The maximum atomic E-state index is 2.45. The van der Waals surface area contributed by atoms with Crippen molar-refractivity contribution in [2.75, 3.05) is 0 Å². The second kappa shape index (κ2) is 10.4. The highest BCUT2D eigenvalue weighted by Crippen LogP contribution is 2.49. The van der Waals surface area contributed by atoms with E-state index in [2.05, 4.69) is 182 Å². The zero-order valence-corrected chi connectivity index (χ0v) is 28.3. The van der Waals surface area contributed by atoms with Crippen molar-refractivity contribution in [3.8, 4) is 33.4 Å². The average Bonchev–Trinajstić information content (AvgIpc) is 3.21. The van der Waals surface area contributed by atoms with E-state index in [0.29, 0.717) is 0 Å². The monoisotopic (exact) mass is 654 g/mol. The lowest BCUT2D eigenvalue weighted by atomic mass is 9.82. The minimum atomic E-state index is 1.26. The molecule has 12 aromatic rings. The van der Waals surface area contributed by atoms with Crippen molar-refractivity contribution in [1.29, 1.82) is 0 Å². The van der Waals surface area contributed by atoms with Gasteiger partial charge in [-0.25, -0.2) is 0 Å². The average molecular weight is 655 g/mol. The van der Waals surface area contributed by atoms with Crippen molar-refractivity contribution < 1.29 is 0 Å². The summed E-state index contributed by atoms with van der Waals surface area (Å²) in [5, 5.41) is 20.8. The van der Waals surface area contributed by atoms with Crippen LogP contribution in [0.3, 0.4) is 0 Å². The van der Waals surface area contributed by atoms with Gasteiger partial charge < -0.3 is 0 Å². The van der Waals surface area contributed by atoms with E-state index in [-0.39, 0.29) is 0 Å². The zero-order chi connectivity index (χ0) is 33.9. The number of benzene rings is 12. The van der Waals surface area contributed by atoms with Gasteiger partial charge in [-0.05, 0) is 150 Å². The van der Waals surface area contributed by atoms with Gasteiger partial charge in [0.2, 0.25) is 0 Å². The van der Waals surface area contributed by atoms with Crippen LogP contribution in [0.4, 0.5) is 0 Å². The zero-order valence-electron chi connectivity index (χ0n) is 28.3. The van der Waals surface area contributed by atoms with Crippen LogP contribution in [0.5, 0.6) is 0 Å². The largest absolute Gasteiger partial charge is 0.0616 e. The summed E-state index contributed by atoms with van der Waals surface area (Å²) < 4.78 is 0. The molecule has 0 saturated carbocycles. The highest BCUT2D eigenvalue weighted by molar-refractivity contribution is 6.33. The van der Waals surface area contributed by atoms with Crippen LogP contribution >= 0.6 is 0 Å². The molecule has 12 aromatic carbocycles. The number of hydrogen-bond donors (Lipinski definition) is 0. The summed E-state index contributed by atoms with van der Waals surface area (Å²) in [7, 11) is 0. The van der Waals surface area contributed by atoms with Crippen LogP contribution in [0.15, 0.2) is 182 Å². The predicted molar refractivity (Wildman–Crippen MR) is 225 cm³/mol. The third kappa shape index (κ3) is 3.81. The molecule has 0 aliphatic rings. The fraction of sp³-hybridized carbons (Fsp3) is 0. The maximum absolute atomic E-state index is 2.45. The van der Waals surface area contributed by atoms with Crippen molar-refractivity contribution >= 4 is 86.2 Å². The first-order chi connectivity index (χ1) is 25.8. The Labute approximate surface area is 300 Å². The predicted octanol–water partition coefficient (Wildman–Crippen LogP) is 14.8. The van der Waals surface area contributed by atoms with E-state index >= 15 is 0 Å². The standard InChI is InChI=1S/C52H30/c1-2-12-33-26-34(25-24-31(33)10-1)45-27-35-14-7-22-43-47(29-37-15-6-20-41(45)49(37)50(35)43)48-30-38-17-8-21-42-46(28-36-16-9-23-44(48)52(36)51(38)42)40-19-5-13-32-11-3-4-18-39(32)40/h1-30H. The van der Waals surface area contributed by atoms with Gasteiger partial charge in [-0.3, -0.25) is 0 Å². The van der Waals surface area contributed by atoms with Crippen molar-refractivity contribution in [1.82, 2.24) is 0 Å². The fourth-order valence-electron chi connectivity index (χ4n) is 9.43. The maximum Gasteiger partial charge on any atom is -0.00201 e. The van der Waals surface area contributed by atoms with Gasteiger partial charge >= 0.3 is 0 Å². The number of rotatable bonds is 3. The lowest BCUT2D eigenvalue weighted by molar-refractivity contribution is 1.69. The normalized spacial score (nSPS) is 12.2. The smallest absolute Gasteiger partial charge is 0.00201 e. The van der Waals surface area contributed by atoms with Crippen LogP contribution < -0.4 is 0 Å². The van der Waals surface area contributed by atoms with Crippen LogP contribution in [0.2, 0.25) is 0 Å². The Morgan fingerprint density at radius 3 is 1.15 bits per heavy atom. The summed E-state index contributed by atoms with van der Waals surface area (Å²) >= 11 is 0. The van der Waals surface area contributed by atoms with Crippen molar-refractivity contribution in [2.24, 2.45) is 0 Å². The summed E-state index contributed by atoms with van der Waals surface area (Å²) in [4.78, 5) is 0. The van der Waals surface area contributed by atoms with Crippen LogP contribution in [0.25, 0.3) is 120 Å². The third-order valence-electron chi connectivity index (χ3n) is 11.7. The second-order valence-electron chi connectivity index (χ2n) is 14.4. The molecule has 0 spiro atoms. The van der Waals surface area contributed by atoms with Gasteiger partial charge in [-0.2, -0.15) is 0 Å². The van der Waals surface area contributed by atoms with Crippen molar-refractivity contribution in [2.45, 2.75) is 0 Å². The molecule has 0 aliphatic heterocycles. The molecular weight excluding hydrogens is 625 g/mol. The van der Waals surface area contributed by atoms with E-state index in [1.54, 1.807) is 0 Å². The number of hydrogen-bond acceptors (Lipinski definition) is 0. The summed E-state index contributed by atoms with van der Waals surface area (Å²) in [6.07, 6.45) is 0. The first-order valence-corrected chi connectivity index (χ1v) is 18.2. The molecule has 0 atom stereocenters. The Balaban J connectivity index is 1.14. The van der Waals surface area contributed by atoms with Gasteiger partial charge in [0.15, 0.2) is 0 Å². The molecule has 0 amide bonds. The minimum absolute atomic E-state index is 1.26. The van der Waals surface area contributed by atoms with Gasteiger partial charge in [-0.1, -0.05) is 152 Å². The molecule has 0 unspecified atom stereocenters. The second-order valence-corrected chi connectivity index (χ2v) is 14.4. The number of fused-ring (bicyclic) bond motifs is 2. The van der Waals surface area contributed by atoms with Gasteiger partial charge in [0.1, 0.15) is 0 Å². The molecule has 0 nitrogen and oxygen atoms in total. The van der Waals surface area contributed by atoms with Crippen LogP contribution in [0, 0.1) is 0 Å². The summed E-state index contributed by atoms with van der Waals surface area (Å²) in [6.45, 7) is 0. The first-order valence-electron chi connectivity index (χ1n) is 18.2. The van der Waals surface area contributed by atoms with Gasteiger partial charge in [-0.15, -0.1) is 0 Å². The Morgan fingerprint density at radius 1 is 0.192 bits per heavy atom. The van der Waals surface area contributed by atoms with Gasteiger partial charge in [0, 0.05) is 0 Å². The molecule has 0 aromatic heterocycles. The van der Waals surface area contributed by atoms with E-state index < -0.39 is 0 Å². The summed E-state index contributed by atoms with van der Waals surface area (Å²) in [5.74, 6) is 0. The molecule has 12 rings (SSSR count). The molecule has 238 valence electrons. The molecule has 0 fully saturated rings. The van der Waals surface area contributed by atoms with Crippen LogP contribution in [-0.4, -0.2) is 0 Å².